The fourth-order valence-electron chi connectivity index (χ4n) is 2.01. The highest BCUT2D eigenvalue weighted by atomic mass is 32.2. The first-order valence-electron chi connectivity index (χ1n) is 7.39. The van der Waals surface area contributed by atoms with Crippen molar-refractivity contribution in [2.45, 2.75) is 18.7 Å². The van der Waals surface area contributed by atoms with Crippen LogP contribution in [0.25, 0.3) is 0 Å². The zero-order valence-corrected chi connectivity index (χ0v) is 14.6. The van der Waals surface area contributed by atoms with Crippen LogP contribution >= 0.6 is 0 Å². The van der Waals surface area contributed by atoms with E-state index >= 15 is 0 Å². The Labute approximate surface area is 146 Å². The van der Waals surface area contributed by atoms with E-state index in [4.69, 9.17) is 4.74 Å². The Kier molecular flexibility index (Phi) is 5.76. The number of amides is 2. The molecule has 2 N–H and O–H groups in total. The molecule has 2 aromatic carbocycles. The van der Waals surface area contributed by atoms with Gasteiger partial charge in [0.15, 0.2) is 6.61 Å². The summed E-state index contributed by atoms with van der Waals surface area (Å²) in [4.78, 5) is 22.7. The molecule has 0 spiro atoms. The molecular formula is C17H18N2O5S. The molecule has 7 nitrogen and oxygen atoms in total. The molecule has 132 valence electrons. The molecule has 0 radical (unpaired) electrons. The second kappa shape index (κ2) is 7.80. The number of anilines is 1. The lowest BCUT2D eigenvalue weighted by molar-refractivity contribution is -0.121. The predicted molar refractivity (Wildman–Crippen MR) is 92.7 cm³/mol. The van der Waals surface area contributed by atoms with Gasteiger partial charge < -0.3 is 10.1 Å². The lowest BCUT2D eigenvalue weighted by atomic mass is 10.2. The van der Waals surface area contributed by atoms with Crippen molar-refractivity contribution in [3.63, 3.8) is 0 Å². The van der Waals surface area contributed by atoms with Gasteiger partial charge in [0.25, 0.3) is 15.9 Å². The fraction of sp³-hybridized carbons (Fsp3) is 0.176. The van der Waals surface area contributed by atoms with E-state index in [2.05, 4.69) is 5.32 Å². The molecule has 0 saturated carbocycles. The molecule has 0 aliphatic carbocycles. The van der Waals surface area contributed by atoms with Crippen LogP contribution < -0.4 is 14.8 Å². The largest absolute Gasteiger partial charge is 0.484 e. The Bertz CT molecular complexity index is 876. The van der Waals surface area contributed by atoms with Crippen molar-refractivity contribution in [3.05, 3.63) is 54.1 Å². The number of carbonyl (C=O) groups is 2. The van der Waals surface area contributed by atoms with Crippen LogP contribution in [0, 0.1) is 6.92 Å². The number of sulfonamides is 1. The summed E-state index contributed by atoms with van der Waals surface area (Å²) >= 11 is 0. The number of ether oxygens (including phenoxy) is 1. The second-order valence-electron chi connectivity index (χ2n) is 5.34. The normalized spacial score (nSPS) is 10.8. The van der Waals surface area contributed by atoms with Crippen molar-refractivity contribution in [1.29, 1.82) is 0 Å². The van der Waals surface area contributed by atoms with Crippen molar-refractivity contribution in [2.24, 2.45) is 0 Å². The summed E-state index contributed by atoms with van der Waals surface area (Å²) in [5, 5.41) is 2.53. The molecule has 0 fully saturated rings. The van der Waals surface area contributed by atoms with Gasteiger partial charge in [-0.15, -0.1) is 0 Å². The summed E-state index contributed by atoms with van der Waals surface area (Å²) in [7, 11) is -4.01. The molecule has 25 heavy (non-hydrogen) atoms. The molecule has 0 aromatic heterocycles. The summed E-state index contributed by atoms with van der Waals surface area (Å²) < 4.78 is 31.5. The van der Waals surface area contributed by atoms with Crippen LogP contribution in [-0.4, -0.2) is 26.8 Å². The van der Waals surface area contributed by atoms with Gasteiger partial charge in [-0.25, -0.2) is 13.1 Å². The van der Waals surface area contributed by atoms with Gasteiger partial charge in [0.05, 0.1) is 4.90 Å². The Morgan fingerprint density at radius 2 is 1.76 bits per heavy atom. The van der Waals surface area contributed by atoms with Crippen molar-refractivity contribution in [3.8, 4) is 5.75 Å². The maximum atomic E-state index is 12.2. The van der Waals surface area contributed by atoms with E-state index in [-0.39, 0.29) is 10.8 Å². The van der Waals surface area contributed by atoms with Gasteiger partial charge in [-0.3, -0.25) is 9.59 Å². The standard InChI is InChI=1S/C17H18N2O5S/c1-12-4-3-5-15(10-12)24-11-17(21)19-25(22,23)16-8-6-14(7-9-16)18-13(2)20/h3-10H,11H2,1-2H3,(H,18,20)(H,19,21). The number of rotatable bonds is 6. The average molecular weight is 362 g/mol. The molecule has 8 heteroatoms. The van der Waals surface area contributed by atoms with Crippen molar-refractivity contribution >= 4 is 27.5 Å². The van der Waals surface area contributed by atoms with Gasteiger partial charge in [-0.1, -0.05) is 12.1 Å². The van der Waals surface area contributed by atoms with Gasteiger partial charge in [-0.2, -0.15) is 0 Å². The molecule has 0 atom stereocenters. The third kappa shape index (κ3) is 5.61. The number of nitrogens with one attached hydrogen (secondary N) is 2. The van der Waals surface area contributed by atoms with Crippen LogP contribution in [0.5, 0.6) is 5.75 Å². The lowest BCUT2D eigenvalue weighted by Gasteiger charge is -2.09. The first-order valence-corrected chi connectivity index (χ1v) is 8.87. The van der Waals surface area contributed by atoms with E-state index in [1.54, 1.807) is 18.2 Å². The first kappa shape index (κ1) is 18.5. The van der Waals surface area contributed by atoms with E-state index in [1.165, 1.54) is 31.2 Å². The highest BCUT2D eigenvalue weighted by molar-refractivity contribution is 7.90. The highest BCUT2D eigenvalue weighted by Gasteiger charge is 2.18. The van der Waals surface area contributed by atoms with Crippen molar-refractivity contribution < 1.29 is 22.7 Å². The van der Waals surface area contributed by atoms with Crippen LogP contribution in [0.3, 0.4) is 0 Å². The molecule has 0 aliphatic rings. The number of benzene rings is 2. The zero-order valence-electron chi connectivity index (χ0n) is 13.8. The number of hydrogen-bond donors (Lipinski definition) is 2. The molecule has 0 saturated heterocycles. The molecule has 2 rings (SSSR count). The van der Waals surface area contributed by atoms with Crippen molar-refractivity contribution in [1.82, 2.24) is 4.72 Å². The van der Waals surface area contributed by atoms with Crippen LogP contribution in [-0.2, 0) is 19.6 Å². The predicted octanol–water partition coefficient (Wildman–Crippen LogP) is 1.84. The van der Waals surface area contributed by atoms with Gasteiger partial charge >= 0.3 is 0 Å². The zero-order chi connectivity index (χ0) is 18.4. The maximum Gasteiger partial charge on any atom is 0.271 e. The summed E-state index contributed by atoms with van der Waals surface area (Å²) in [5.74, 6) is -0.572. The fourth-order valence-corrected chi connectivity index (χ4v) is 2.98. The van der Waals surface area contributed by atoms with Gasteiger partial charge in [0, 0.05) is 12.6 Å². The Morgan fingerprint density at radius 1 is 1.08 bits per heavy atom. The number of carbonyl (C=O) groups excluding carboxylic acids is 2. The van der Waals surface area contributed by atoms with Crippen LogP contribution in [0.4, 0.5) is 5.69 Å². The minimum absolute atomic E-state index is 0.0921. The van der Waals surface area contributed by atoms with E-state index in [9.17, 15) is 18.0 Å². The number of aryl methyl sites for hydroxylation is 1. The summed E-state index contributed by atoms with van der Waals surface area (Å²) in [6, 6.07) is 12.5. The molecule has 0 unspecified atom stereocenters. The molecule has 0 aliphatic heterocycles. The van der Waals surface area contributed by atoms with Gasteiger partial charge in [0.2, 0.25) is 5.91 Å². The minimum Gasteiger partial charge on any atom is -0.484 e. The summed E-state index contributed by atoms with van der Waals surface area (Å²) in [6.07, 6.45) is 0. The average Bonchev–Trinajstić information content (AvgIpc) is 2.52. The maximum absolute atomic E-state index is 12.2. The van der Waals surface area contributed by atoms with E-state index in [1.807, 2.05) is 17.7 Å². The quantitative estimate of drug-likeness (QED) is 0.816. The van der Waals surface area contributed by atoms with Crippen LogP contribution in [0.1, 0.15) is 12.5 Å². The Balaban J connectivity index is 1.97. The molecule has 2 amide bonds. The molecule has 2 aromatic rings. The summed E-state index contributed by atoms with van der Waals surface area (Å²) in [5.41, 5.74) is 1.42. The third-order valence-corrected chi connectivity index (χ3v) is 4.48. The number of hydrogen-bond acceptors (Lipinski definition) is 5. The van der Waals surface area contributed by atoms with Crippen LogP contribution in [0.15, 0.2) is 53.4 Å². The van der Waals surface area contributed by atoms with Crippen molar-refractivity contribution in [2.75, 3.05) is 11.9 Å². The lowest BCUT2D eigenvalue weighted by Crippen LogP contribution is -2.34. The molecule has 0 bridgehead atoms. The summed E-state index contributed by atoms with van der Waals surface area (Å²) in [6.45, 7) is 2.80. The Morgan fingerprint density at radius 3 is 2.36 bits per heavy atom. The van der Waals surface area contributed by atoms with Gasteiger partial charge in [-0.05, 0) is 48.9 Å². The van der Waals surface area contributed by atoms with E-state index < -0.39 is 22.5 Å². The topological polar surface area (TPSA) is 102 Å². The highest BCUT2D eigenvalue weighted by Crippen LogP contribution is 2.14. The minimum atomic E-state index is -4.01. The van der Waals surface area contributed by atoms with E-state index in [0.29, 0.717) is 11.4 Å². The SMILES string of the molecule is CC(=O)Nc1ccc(S(=O)(=O)NC(=O)COc2cccc(C)c2)cc1. The third-order valence-electron chi connectivity index (χ3n) is 3.09. The molecular weight excluding hydrogens is 344 g/mol. The van der Waals surface area contributed by atoms with Gasteiger partial charge in [0.1, 0.15) is 5.75 Å². The second-order valence-corrected chi connectivity index (χ2v) is 7.02. The molecule has 0 heterocycles. The first-order chi connectivity index (χ1) is 11.8. The Hall–Kier alpha value is -2.87. The monoisotopic (exact) mass is 362 g/mol. The van der Waals surface area contributed by atoms with Crippen LogP contribution in [0.2, 0.25) is 0 Å². The smallest absolute Gasteiger partial charge is 0.271 e. The van der Waals surface area contributed by atoms with E-state index in [0.717, 1.165) is 5.56 Å².